The number of hydrogen-bond acceptors (Lipinski definition) is 4. The van der Waals surface area contributed by atoms with Gasteiger partial charge in [0.2, 0.25) is 10.0 Å². The van der Waals surface area contributed by atoms with Crippen LogP contribution < -0.4 is 10.5 Å². The van der Waals surface area contributed by atoms with Gasteiger partial charge in [-0.3, -0.25) is 0 Å². The SMILES string of the molecule is Nc1c(Cl)ccc(S(=O)(=O)NCC2CCCCO2)c1Cl. The van der Waals surface area contributed by atoms with Crippen LogP contribution >= 0.6 is 23.2 Å². The van der Waals surface area contributed by atoms with Gasteiger partial charge in [0.05, 0.1) is 21.8 Å². The Bertz CT molecular complexity index is 587. The van der Waals surface area contributed by atoms with Crippen molar-refractivity contribution in [1.29, 1.82) is 0 Å². The average molecular weight is 339 g/mol. The van der Waals surface area contributed by atoms with E-state index >= 15 is 0 Å². The first-order valence-electron chi connectivity index (χ1n) is 6.26. The van der Waals surface area contributed by atoms with Crippen molar-refractivity contribution in [2.45, 2.75) is 30.3 Å². The Balaban J connectivity index is 2.12. The van der Waals surface area contributed by atoms with E-state index in [2.05, 4.69) is 4.72 Å². The summed E-state index contributed by atoms with van der Waals surface area (Å²) in [5.41, 5.74) is 5.70. The molecule has 1 aromatic carbocycles. The highest BCUT2D eigenvalue weighted by atomic mass is 35.5. The predicted octanol–water partition coefficient (Wildman–Crippen LogP) is 2.42. The molecule has 0 bridgehead atoms. The van der Waals surface area contributed by atoms with Crippen LogP contribution in [0.4, 0.5) is 5.69 Å². The summed E-state index contributed by atoms with van der Waals surface area (Å²) in [5.74, 6) is 0. The molecular weight excluding hydrogens is 323 g/mol. The van der Waals surface area contributed by atoms with Gasteiger partial charge in [-0.15, -0.1) is 0 Å². The predicted molar refractivity (Wildman–Crippen MR) is 79.7 cm³/mol. The topological polar surface area (TPSA) is 81.4 Å². The molecule has 0 spiro atoms. The zero-order chi connectivity index (χ0) is 14.8. The second kappa shape index (κ2) is 6.49. The van der Waals surface area contributed by atoms with Gasteiger partial charge in [-0.05, 0) is 31.4 Å². The largest absolute Gasteiger partial charge is 0.396 e. The maximum atomic E-state index is 12.2. The number of nitrogens with one attached hydrogen (secondary N) is 1. The zero-order valence-electron chi connectivity index (χ0n) is 10.7. The third kappa shape index (κ3) is 3.56. The highest BCUT2D eigenvalue weighted by Gasteiger charge is 2.23. The van der Waals surface area contributed by atoms with Gasteiger partial charge in [-0.2, -0.15) is 0 Å². The Hall–Kier alpha value is -0.530. The molecule has 0 amide bonds. The summed E-state index contributed by atoms with van der Waals surface area (Å²) in [6, 6.07) is 2.75. The van der Waals surface area contributed by atoms with Crippen molar-refractivity contribution in [3.05, 3.63) is 22.2 Å². The number of nitrogen functional groups attached to an aromatic ring is 1. The fraction of sp³-hybridized carbons (Fsp3) is 0.500. The fourth-order valence-electron chi connectivity index (χ4n) is 2.01. The molecule has 1 aliphatic rings. The minimum absolute atomic E-state index is 0.0603. The van der Waals surface area contributed by atoms with Gasteiger partial charge in [0.1, 0.15) is 4.90 Å². The van der Waals surface area contributed by atoms with Crippen molar-refractivity contribution in [3.8, 4) is 0 Å². The van der Waals surface area contributed by atoms with E-state index in [1.165, 1.54) is 12.1 Å². The van der Waals surface area contributed by atoms with Crippen LogP contribution in [0, 0.1) is 0 Å². The molecule has 1 unspecified atom stereocenters. The molecule has 8 heteroatoms. The smallest absolute Gasteiger partial charge is 0.242 e. The fourth-order valence-corrected chi connectivity index (χ4v) is 3.83. The number of sulfonamides is 1. The van der Waals surface area contributed by atoms with E-state index < -0.39 is 10.0 Å². The summed E-state index contributed by atoms with van der Waals surface area (Å²) < 4.78 is 32.4. The molecule has 0 aromatic heterocycles. The van der Waals surface area contributed by atoms with Crippen LogP contribution in [0.1, 0.15) is 19.3 Å². The molecule has 3 N–H and O–H groups in total. The van der Waals surface area contributed by atoms with Crippen molar-refractivity contribution >= 4 is 38.9 Å². The van der Waals surface area contributed by atoms with Gasteiger partial charge in [-0.1, -0.05) is 23.2 Å². The lowest BCUT2D eigenvalue weighted by Gasteiger charge is -2.22. The molecule has 5 nitrogen and oxygen atoms in total. The van der Waals surface area contributed by atoms with Gasteiger partial charge >= 0.3 is 0 Å². The minimum atomic E-state index is -3.73. The number of benzene rings is 1. The van der Waals surface area contributed by atoms with Gasteiger partial charge in [0.15, 0.2) is 0 Å². The third-order valence-electron chi connectivity index (χ3n) is 3.16. The first-order valence-corrected chi connectivity index (χ1v) is 8.50. The van der Waals surface area contributed by atoms with Crippen LogP contribution in [0.2, 0.25) is 10.0 Å². The Morgan fingerprint density at radius 2 is 2.10 bits per heavy atom. The first-order chi connectivity index (χ1) is 9.42. The van der Waals surface area contributed by atoms with E-state index in [4.69, 9.17) is 33.7 Å². The van der Waals surface area contributed by atoms with Crippen molar-refractivity contribution in [1.82, 2.24) is 4.72 Å². The average Bonchev–Trinajstić information content (AvgIpc) is 2.44. The Kier molecular flexibility index (Phi) is 5.14. The van der Waals surface area contributed by atoms with E-state index in [9.17, 15) is 8.42 Å². The van der Waals surface area contributed by atoms with Crippen LogP contribution in [-0.4, -0.2) is 27.7 Å². The normalized spacial score (nSPS) is 20.0. The highest BCUT2D eigenvalue weighted by molar-refractivity contribution is 7.89. The Labute approximate surface area is 128 Å². The lowest BCUT2D eigenvalue weighted by atomic mass is 10.1. The molecule has 2 rings (SSSR count). The lowest BCUT2D eigenvalue weighted by Crippen LogP contribution is -2.35. The molecule has 0 radical (unpaired) electrons. The number of halogens is 2. The van der Waals surface area contributed by atoms with E-state index in [0.29, 0.717) is 6.61 Å². The summed E-state index contributed by atoms with van der Waals surface area (Å²) in [6.45, 7) is 0.891. The molecule has 1 saturated heterocycles. The molecule has 0 aliphatic carbocycles. The van der Waals surface area contributed by atoms with E-state index in [-0.39, 0.29) is 33.3 Å². The quantitative estimate of drug-likeness (QED) is 0.826. The third-order valence-corrected chi connectivity index (χ3v) is 5.47. The zero-order valence-corrected chi connectivity index (χ0v) is 13.1. The second-order valence-corrected chi connectivity index (χ2v) is 7.13. The summed E-state index contributed by atoms with van der Waals surface area (Å²) in [6.07, 6.45) is 2.81. The monoisotopic (exact) mass is 338 g/mol. The van der Waals surface area contributed by atoms with Gasteiger partial charge in [0.25, 0.3) is 0 Å². The number of anilines is 1. The van der Waals surface area contributed by atoms with Crippen molar-refractivity contribution < 1.29 is 13.2 Å². The van der Waals surface area contributed by atoms with Gasteiger partial charge in [0, 0.05) is 13.2 Å². The van der Waals surface area contributed by atoms with Crippen molar-refractivity contribution in [2.24, 2.45) is 0 Å². The summed E-state index contributed by atoms with van der Waals surface area (Å²) in [4.78, 5) is -0.0723. The van der Waals surface area contributed by atoms with E-state index in [1.807, 2.05) is 0 Å². The van der Waals surface area contributed by atoms with Crippen molar-refractivity contribution in [2.75, 3.05) is 18.9 Å². The van der Waals surface area contributed by atoms with E-state index in [1.54, 1.807) is 0 Å². The lowest BCUT2D eigenvalue weighted by molar-refractivity contribution is 0.0200. The second-order valence-electron chi connectivity index (χ2n) is 4.61. The molecule has 1 atom stereocenters. The standard InChI is InChI=1S/C12H16Cl2N2O3S/c13-9-4-5-10(11(14)12(9)15)20(17,18)16-7-8-3-1-2-6-19-8/h4-5,8,16H,1-3,6-7,15H2. The summed E-state index contributed by atoms with van der Waals surface area (Å²) in [7, 11) is -3.73. The summed E-state index contributed by atoms with van der Waals surface area (Å²) in [5, 5.41) is 0.166. The van der Waals surface area contributed by atoms with Crippen LogP contribution in [0.3, 0.4) is 0 Å². The molecule has 1 fully saturated rings. The Morgan fingerprint density at radius 3 is 2.75 bits per heavy atom. The maximum absolute atomic E-state index is 12.2. The molecule has 0 saturated carbocycles. The molecule has 1 aromatic rings. The molecule has 1 heterocycles. The number of ether oxygens (including phenoxy) is 1. The first kappa shape index (κ1) is 15.9. The molecule has 1 aliphatic heterocycles. The highest BCUT2D eigenvalue weighted by Crippen LogP contribution is 2.32. The maximum Gasteiger partial charge on any atom is 0.242 e. The van der Waals surface area contributed by atoms with Crippen molar-refractivity contribution in [3.63, 3.8) is 0 Å². The summed E-state index contributed by atoms with van der Waals surface area (Å²) >= 11 is 11.7. The van der Waals surface area contributed by atoms with Gasteiger partial charge in [-0.25, -0.2) is 13.1 Å². The van der Waals surface area contributed by atoms with Crippen LogP contribution in [0.15, 0.2) is 17.0 Å². The van der Waals surface area contributed by atoms with E-state index in [0.717, 1.165) is 19.3 Å². The van der Waals surface area contributed by atoms with Crippen LogP contribution in [0.25, 0.3) is 0 Å². The van der Waals surface area contributed by atoms with Crippen LogP contribution in [-0.2, 0) is 14.8 Å². The van der Waals surface area contributed by atoms with Gasteiger partial charge < -0.3 is 10.5 Å². The molecule has 112 valence electrons. The molecular formula is C12H16Cl2N2O3S. The minimum Gasteiger partial charge on any atom is -0.396 e. The number of hydrogen-bond donors (Lipinski definition) is 2. The Morgan fingerprint density at radius 1 is 1.35 bits per heavy atom. The number of nitrogens with two attached hydrogens (primary N) is 1. The molecule has 20 heavy (non-hydrogen) atoms. The number of rotatable bonds is 4. The van der Waals surface area contributed by atoms with Crippen LogP contribution in [0.5, 0.6) is 0 Å².